The van der Waals surface area contributed by atoms with Crippen molar-refractivity contribution in [2.24, 2.45) is 0 Å². The van der Waals surface area contributed by atoms with Crippen molar-refractivity contribution in [2.75, 3.05) is 19.6 Å². The summed E-state index contributed by atoms with van der Waals surface area (Å²) in [5.74, 6) is 1.52. The lowest BCUT2D eigenvalue weighted by Gasteiger charge is -2.06. The van der Waals surface area contributed by atoms with E-state index in [4.69, 9.17) is 21.4 Å². The Labute approximate surface area is 118 Å². The van der Waals surface area contributed by atoms with E-state index in [0.717, 1.165) is 30.4 Å². The molecule has 0 amide bonds. The summed E-state index contributed by atoms with van der Waals surface area (Å²) in [6.07, 6.45) is 4.45. The van der Waals surface area contributed by atoms with E-state index in [1.165, 1.54) is 0 Å². The number of alkyl halides is 1. The van der Waals surface area contributed by atoms with Gasteiger partial charge in [-0.1, -0.05) is 12.1 Å². The van der Waals surface area contributed by atoms with E-state index in [1.54, 1.807) is 12.4 Å². The minimum Gasteiger partial charge on any atom is -0.494 e. The number of halogens is 1. The number of benzene rings is 1. The molecule has 2 aromatic rings. The van der Waals surface area contributed by atoms with Crippen LogP contribution >= 0.6 is 11.6 Å². The van der Waals surface area contributed by atoms with Crippen LogP contribution in [-0.4, -0.2) is 29.7 Å². The lowest BCUT2D eigenvalue weighted by molar-refractivity contribution is 0.318. The number of rotatable bonds is 5. The molecular formula is C15H18ClNO2. The second kappa shape index (κ2) is 9.36. The van der Waals surface area contributed by atoms with Gasteiger partial charge in [0.15, 0.2) is 0 Å². The molecule has 0 bridgehead atoms. The first-order valence-electron chi connectivity index (χ1n) is 6.04. The maximum atomic E-state index is 7.00. The number of pyridine rings is 1. The zero-order chi connectivity index (χ0) is 13.9. The summed E-state index contributed by atoms with van der Waals surface area (Å²) in [4.78, 5) is 4.00. The highest BCUT2D eigenvalue weighted by molar-refractivity contribution is 6.17. The Morgan fingerprint density at radius 3 is 2.16 bits per heavy atom. The zero-order valence-electron chi connectivity index (χ0n) is 10.9. The second-order valence-electron chi connectivity index (χ2n) is 3.65. The highest BCUT2D eigenvalue weighted by Crippen LogP contribution is 2.21. The van der Waals surface area contributed by atoms with E-state index in [0.29, 0.717) is 12.5 Å². The van der Waals surface area contributed by atoms with Gasteiger partial charge in [-0.15, -0.1) is 11.6 Å². The molecule has 0 aliphatic carbocycles. The molecule has 0 saturated heterocycles. The fourth-order valence-corrected chi connectivity index (χ4v) is 1.64. The predicted octanol–water partition coefficient (Wildman–Crippen LogP) is 3.36. The lowest BCUT2D eigenvalue weighted by atomic mass is 10.1. The van der Waals surface area contributed by atoms with E-state index in [2.05, 4.69) is 4.98 Å². The van der Waals surface area contributed by atoms with Crippen molar-refractivity contribution in [3.05, 3.63) is 48.8 Å². The van der Waals surface area contributed by atoms with Crippen LogP contribution in [0.15, 0.2) is 48.8 Å². The molecule has 1 heterocycles. The molecule has 2 rings (SSSR count). The lowest BCUT2D eigenvalue weighted by Crippen LogP contribution is -1.97. The molecule has 0 atom stereocenters. The van der Waals surface area contributed by atoms with Crippen molar-refractivity contribution < 1.29 is 9.84 Å². The molecule has 0 aliphatic rings. The Bertz CT molecular complexity index is 445. The fraction of sp³-hybridized carbons (Fsp3) is 0.267. The normalized spacial score (nSPS) is 9.42. The van der Waals surface area contributed by atoms with Gasteiger partial charge in [0.1, 0.15) is 5.75 Å². The Hall–Kier alpha value is -1.58. The molecule has 0 saturated carbocycles. The van der Waals surface area contributed by atoms with Gasteiger partial charge in [-0.05, 0) is 41.8 Å². The Morgan fingerprint density at radius 2 is 1.58 bits per heavy atom. The Kier molecular flexibility index (Phi) is 7.63. The Balaban J connectivity index is 0.000000861. The van der Waals surface area contributed by atoms with Crippen LogP contribution in [0.1, 0.15) is 6.42 Å². The first-order chi connectivity index (χ1) is 9.40. The summed E-state index contributed by atoms with van der Waals surface area (Å²) in [7, 11) is 1.00. The number of aromatic nitrogens is 1. The molecule has 19 heavy (non-hydrogen) atoms. The van der Waals surface area contributed by atoms with Gasteiger partial charge in [0.2, 0.25) is 0 Å². The molecule has 4 heteroatoms. The number of aliphatic hydroxyl groups is 1. The van der Waals surface area contributed by atoms with Crippen molar-refractivity contribution in [1.29, 1.82) is 0 Å². The van der Waals surface area contributed by atoms with Crippen LogP contribution in [0.4, 0.5) is 0 Å². The summed E-state index contributed by atoms with van der Waals surface area (Å²) in [6, 6.07) is 12.0. The van der Waals surface area contributed by atoms with Crippen molar-refractivity contribution in [3.63, 3.8) is 0 Å². The molecule has 102 valence electrons. The molecule has 1 aromatic carbocycles. The fourth-order valence-electron chi connectivity index (χ4n) is 1.53. The topological polar surface area (TPSA) is 42.4 Å². The highest BCUT2D eigenvalue weighted by Gasteiger charge is 1.98. The molecule has 3 nitrogen and oxygen atoms in total. The van der Waals surface area contributed by atoms with E-state index in [1.807, 2.05) is 36.4 Å². The largest absolute Gasteiger partial charge is 0.494 e. The zero-order valence-corrected chi connectivity index (χ0v) is 11.7. The highest BCUT2D eigenvalue weighted by atomic mass is 35.5. The van der Waals surface area contributed by atoms with Crippen molar-refractivity contribution >= 4 is 11.6 Å². The standard InChI is InChI=1S/C14H14ClNO.CH4O/c15-8-1-11-17-14-4-2-12(3-5-14)13-6-9-16-10-7-13;1-2/h2-7,9-10H,1,8,11H2;2H,1H3. The average Bonchev–Trinajstić information content (AvgIpc) is 2.51. The van der Waals surface area contributed by atoms with E-state index >= 15 is 0 Å². The molecule has 0 spiro atoms. The monoisotopic (exact) mass is 279 g/mol. The van der Waals surface area contributed by atoms with Crippen molar-refractivity contribution in [2.45, 2.75) is 6.42 Å². The number of nitrogens with zero attached hydrogens (tertiary/aromatic N) is 1. The van der Waals surface area contributed by atoms with E-state index in [9.17, 15) is 0 Å². The number of ether oxygens (including phenoxy) is 1. The van der Waals surface area contributed by atoms with Gasteiger partial charge < -0.3 is 9.84 Å². The minimum absolute atomic E-state index is 0.634. The maximum absolute atomic E-state index is 7.00. The second-order valence-corrected chi connectivity index (χ2v) is 4.03. The van der Waals surface area contributed by atoms with Gasteiger partial charge in [-0.2, -0.15) is 0 Å². The molecule has 1 aromatic heterocycles. The number of hydrogen-bond acceptors (Lipinski definition) is 3. The van der Waals surface area contributed by atoms with Crippen molar-refractivity contribution in [1.82, 2.24) is 4.98 Å². The van der Waals surface area contributed by atoms with E-state index < -0.39 is 0 Å². The van der Waals surface area contributed by atoms with Crippen LogP contribution in [0.5, 0.6) is 5.75 Å². The van der Waals surface area contributed by atoms with Gasteiger partial charge in [0.05, 0.1) is 6.61 Å². The SMILES string of the molecule is CO.ClCCCOc1ccc(-c2ccncc2)cc1. The third-order valence-electron chi connectivity index (χ3n) is 2.41. The van der Waals surface area contributed by atoms with Crippen LogP contribution in [0.3, 0.4) is 0 Å². The van der Waals surface area contributed by atoms with Crippen LogP contribution in [0.25, 0.3) is 11.1 Å². The van der Waals surface area contributed by atoms with Crippen molar-refractivity contribution in [3.8, 4) is 16.9 Å². The molecule has 0 aliphatic heterocycles. The molecular weight excluding hydrogens is 262 g/mol. The van der Waals surface area contributed by atoms with Gasteiger partial charge in [0, 0.05) is 25.4 Å². The van der Waals surface area contributed by atoms with Crippen LogP contribution < -0.4 is 4.74 Å². The first kappa shape index (κ1) is 15.5. The molecule has 0 unspecified atom stereocenters. The third-order valence-corrected chi connectivity index (χ3v) is 2.68. The summed E-state index contributed by atoms with van der Waals surface area (Å²) in [6.45, 7) is 0.665. The minimum atomic E-state index is 0.634. The molecule has 1 N–H and O–H groups in total. The van der Waals surface area contributed by atoms with Crippen LogP contribution in [0.2, 0.25) is 0 Å². The third kappa shape index (κ3) is 5.28. The summed E-state index contributed by atoms with van der Waals surface area (Å²) < 4.78 is 5.54. The summed E-state index contributed by atoms with van der Waals surface area (Å²) in [5.41, 5.74) is 2.32. The average molecular weight is 280 g/mol. The summed E-state index contributed by atoms with van der Waals surface area (Å²) >= 11 is 5.59. The van der Waals surface area contributed by atoms with E-state index in [-0.39, 0.29) is 0 Å². The van der Waals surface area contributed by atoms with Crippen LogP contribution in [-0.2, 0) is 0 Å². The maximum Gasteiger partial charge on any atom is 0.119 e. The summed E-state index contributed by atoms with van der Waals surface area (Å²) in [5, 5.41) is 7.00. The smallest absolute Gasteiger partial charge is 0.119 e. The van der Waals surface area contributed by atoms with Gasteiger partial charge in [-0.25, -0.2) is 0 Å². The van der Waals surface area contributed by atoms with Crippen LogP contribution in [0, 0.1) is 0 Å². The molecule has 0 fully saturated rings. The van der Waals surface area contributed by atoms with Gasteiger partial charge >= 0.3 is 0 Å². The number of aliphatic hydroxyl groups excluding tert-OH is 1. The predicted molar refractivity (Wildman–Crippen MR) is 78.6 cm³/mol. The molecule has 0 radical (unpaired) electrons. The number of hydrogen-bond donors (Lipinski definition) is 1. The van der Waals surface area contributed by atoms with Gasteiger partial charge in [-0.3, -0.25) is 4.98 Å². The van der Waals surface area contributed by atoms with Gasteiger partial charge in [0.25, 0.3) is 0 Å². The quantitative estimate of drug-likeness (QED) is 0.674. The first-order valence-corrected chi connectivity index (χ1v) is 6.57. The Morgan fingerprint density at radius 1 is 1.00 bits per heavy atom.